The predicted molar refractivity (Wildman–Crippen MR) is 147 cm³/mol. The molecule has 0 aliphatic rings. The van der Waals surface area contributed by atoms with Crippen LogP contribution in [0.5, 0.6) is 0 Å². The summed E-state index contributed by atoms with van der Waals surface area (Å²) in [6.45, 7) is 1.29. The molecule has 194 valence electrons. The van der Waals surface area contributed by atoms with Crippen LogP contribution in [0.25, 0.3) is 22.3 Å². The minimum Gasteiger partial charge on any atom is -0.383 e. The maximum absolute atomic E-state index is 12.9. The van der Waals surface area contributed by atoms with Crippen LogP contribution >= 0.6 is 0 Å². The van der Waals surface area contributed by atoms with Crippen molar-refractivity contribution in [2.45, 2.75) is 22.6 Å². The smallest absolute Gasteiger partial charge is 0.206 e. The van der Waals surface area contributed by atoms with E-state index in [2.05, 4.69) is 4.98 Å². The monoisotopic (exact) mass is 538 g/mol. The Morgan fingerprint density at radius 2 is 1.51 bits per heavy atom. The van der Waals surface area contributed by atoms with Gasteiger partial charge in [0.15, 0.2) is 5.82 Å². The number of aromatic nitrogens is 2. The number of sulfone groups is 2. The molecule has 0 atom stereocenters. The van der Waals surface area contributed by atoms with E-state index in [-0.39, 0.29) is 15.5 Å². The van der Waals surface area contributed by atoms with E-state index in [1.54, 1.807) is 54.6 Å². The van der Waals surface area contributed by atoms with Crippen molar-refractivity contribution in [3.05, 3.63) is 78.4 Å². The summed E-state index contributed by atoms with van der Waals surface area (Å²) in [5.41, 5.74) is 8.70. The molecule has 0 radical (unpaired) electrons. The fourth-order valence-electron chi connectivity index (χ4n) is 3.99. The average Bonchev–Trinajstić information content (AvgIpc) is 2.87. The number of hydrogen-bond acceptors (Lipinski definition) is 8. The lowest BCUT2D eigenvalue weighted by molar-refractivity contribution is 0.348. The van der Waals surface area contributed by atoms with Gasteiger partial charge in [0, 0.05) is 23.8 Å². The van der Waals surface area contributed by atoms with Crippen molar-refractivity contribution in [2.75, 3.05) is 37.9 Å². The Balaban J connectivity index is 1.50. The van der Waals surface area contributed by atoms with Gasteiger partial charge in [-0.1, -0.05) is 24.3 Å². The van der Waals surface area contributed by atoms with Gasteiger partial charge in [0.25, 0.3) is 0 Å². The first-order valence-corrected chi connectivity index (χ1v) is 15.4. The molecule has 37 heavy (non-hydrogen) atoms. The summed E-state index contributed by atoms with van der Waals surface area (Å²) in [5.74, 6) is 0.928. The van der Waals surface area contributed by atoms with E-state index in [0.717, 1.165) is 30.3 Å². The van der Waals surface area contributed by atoms with Crippen LogP contribution in [0.15, 0.2) is 82.6 Å². The highest BCUT2D eigenvalue weighted by molar-refractivity contribution is 7.91. The molecule has 0 unspecified atom stereocenters. The van der Waals surface area contributed by atoms with Crippen LogP contribution in [-0.2, 0) is 26.1 Å². The van der Waals surface area contributed by atoms with Gasteiger partial charge in [-0.05, 0) is 80.5 Å². The number of hydrogen-bond donors (Lipinski definition) is 1. The largest absolute Gasteiger partial charge is 0.383 e. The molecule has 4 rings (SSSR count). The topological polar surface area (TPSA) is 123 Å². The first kappa shape index (κ1) is 26.7. The Morgan fingerprint density at radius 1 is 0.838 bits per heavy atom. The van der Waals surface area contributed by atoms with Crippen molar-refractivity contribution in [2.24, 2.45) is 0 Å². The van der Waals surface area contributed by atoms with Crippen molar-refractivity contribution in [1.29, 1.82) is 0 Å². The highest BCUT2D eigenvalue weighted by atomic mass is 32.2. The van der Waals surface area contributed by atoms with Gasteiger partial charge in [-0.25, -0.2) is 26.8 Å². The molecule has 2 N–H and O–H groups in total. The molecule has 1 heterocycles. The molecule has 0 saturated heterocycles. The third-order valence-electron chi connectivity index (χ3n) is 6.12. The normalized spacial score (nSPS) is 12.3. The SMILES string of the molecule is CN(CCCc1ccc2c(N)nc(-c3ccc(S(=O)(=O)c4ccccc4)cc3)nc2c1)CCS(C)(=O)=O. The predicted octanol–water partition coefficient (Wildman–Crippen LogP) is 3.62. The summed E-state index contributed by atoms with van der Waals surface area (Å²) in [6.07, 6.45) is 2.93. The van der Waals surface area contributed by atoms with Gasteiger partial charge < -0.3 is 10.6 Å². The summed E-state index contributed by atoms with van der Waals surface area (Å²) in [4.78, 5) is 11.6. The second kappa shape index (κ2) is 11.0. The molecule has 1 aromatic heterocycles. The van der Waals surface area contributed by atoms with E-state index in [0.29, 0.717) is 29.3 Å². The maximum Gasteiger partial charge on any atom is 0.206 e. The maximum atomic E-state index is 12.9. The van der Waals surface area contributed by atoms with Gasteiger partial charge in [-0.15, -0.1) is 0 Å². The molecule has 0 aliphatic carbocycles. The molecule has 10 heteroatoms. The Morgan fingerprint density at radius 3 is 2.19 bits per heavy atom. The minimum absolute atomic E-state index is 0.150. The number of nitrogens with two attached hydrogens (primary N) is 1. The number of aryl methyl sites for hydroxylation is 1. The molecule has 4 aromatic rings. The van der Waals surface area contributed by atoms with Crippen LogP contribution < -0.4 is 5.73 Å². The van der Waals surface area contributed by atoms with Crippen LogP contribution in [-0.4, -0.2) is 63.8 Å². The average molecular weight is 539 g/mol. The van der Waals surface area contributed by atoms with Crippen LogP contribution in [0.3, 0.4) is 0 Å². The lowest BCUT2D eigenvalue weighted by Crippen LogP contribution is -2.26. The Hall–Kier alpha value is -3.34. The highest BCUT2D eigenvalue weighted by Crippen LogP contribution is 2.27. The van der Waals surface area contributed by atoms with E-state index >= 15 is 0 Å². The second-order valence-corrected chi connectivity index (χ2v) is 13.4. The molecule has 0 saturated carbocycles. The fraction of sp³-hybridized carbons (Fsp3) is 0.259. The van der Waals surface area contributed by atoms with E-state index in [1.807, 2.05) is 30.1 Å². The van der Waals surface area contributed by atoms with E-state index in [1.165, 1.54) is 6.26 Å². The Kier molecular flexibility index (Phi) is 7.91. The van der Waals surface area contributed by atoms with Gasteiger partial charge in [0.2, 0.25) is 9.84 Å². The summed E-state index contributed by atoms with van der Waals surface area (Å²) in [5, 5.41) is 0.751. The Labute approximate surface area is 218 Å². The lowest BCUT2D eigenvalue weighted by Gasteiger charge is -2.15. The second-order valence-electron chi connectivity index (χ2n) is 9.16. The third-order valence-corrected chi connectivity index (χ3v) is 8.83. The van der Waals surface area contributed by atoms with Gasteiger partial charge in [0.1, 0.15) is 15.7 Å². The standard InChI is InChI=1S/C27H30N4O4S2/c1-31(17-18-36(2,32)33)16-6-7-20-10-15-24-25(19-20)29-27(30-26(24)28)21-11-13-23(14-12-21)37(34,35)22-8-4-3-5-9-22/h3-5,8-15,19H,6-7,16-18H2,1-2H3,(H2,28,29,30). The van der Waals surface area contributed by atoms with Crippen LogP contribution in [0.4, 0.5) is 5.82 Å². The molecule has 0 amide bonds. The number of anilines is 1. The first-order valence-electron chi connectivity index (χ1n) is 11.9. The van der Waals surface area contributed by atoms with Crippen molar-refractivity contribution in [1.82, 2.24) is 14.9 Å². The first-order chi connectivity index (χ1) is 17.5. The van der Waals surface area contributed by atoms with Gasteiger partial charge in [-0.3, -0.25) is 0 Å². The fourth-order valence-corrected chi connectivity index (χ4v) is 5.92. The van der Waals surface area contributed by atoms with E-state index < -0.39 is 19.7 Å². The molecule has 0 spiro atoms. The number of nitrogen functional groups attached to an aromatic ring is 1. The molecular formula is C27H30N4O4S2. The van der Waals surface area contributed by atoms with Gasteiger partial charge in [0.05, 0.1) is 21.1 Å². The summed E-state index contributed by atoms with van der Waals surface area (Å²) >= 11 is 0. The van der Waals surface area contributed by atoms with Crippen LogP contribution in [0.1, 0.15) is 12.0 Å². The zero-order valence-electron chi connectivity index (χ0n) is 20.8. The molecule has 0 aliphatic heterocycles. The van der Waals surface area contributed by atoms with Crippen molar-refractivity contribution in [3.63, 3.8) is 0 Å². The summed E-state index contributed by atoms with van der Waals surface area (Å²) < 4.78 is 48.5. The molecule has 0 fully saturated rings. The van der Waals surface area contributed by atoms with E-state index in [4.69, 9.17) is 10.7 Å². The zero-order valence-corrected chi connectivity index (χ0v) is 22.5. The number of benzene rings is 3. The Bertz CT molecular complexity index is 1610. The molecule has 3 aromatic carbocycles. The van der Waals surface area contributed by atoms with E-state index in [9.17, 15) is 16.8 Å². The number of rotatable bonds is 10. The summed E-state index contributed by atoms with van der Waals surface area (Å²) in [7, 11) is -4.66. The van der Waals surface area contributed by atoms with Gasteiger partial charge in [-0.2, -0.15) is 0 Å². The minimum atomic E-state index is -3.61. The lowest BCUT2D eigenvalue weighted by atomic mass is 10.1. The molecule has 0 bridgehead atoms. The number of nitrogens with zero attached hydrogens (tertiary/aromatic N) is 3. The van der Waals surface area contributed by atoms with Crippen LogP contribution in [0, 0.1) is 0 Å². The van der Waals surface area contributed by atoms with Crippen molar-refractivity contribution in [3.8, 4) is 11.4 Å². The quantitative estimate of drug-likeness (QED) is 0.325. The molecule has 8 nitrogen and oxygen atoms in total. The van der Waals surface area contributed by atoms with Crippen molar-refractivity contribution >= 4 is 36.4 Å². The number of fused-ring (bicyclic) bond motifs is 1. The van der Waals surface area contributed by atoms with Crippen molar-refractivity contribution < 1.29 is 16.8 Å². The van der Waals surface area contributed by atoms with Gasteiger partial charge >= 0.3 is 0 Å². The molecular weight excluding hydrogens is 508 g/mol. The third kappa shape index (κ3) is 6.71. The zero-order chi connectivity index (χ0) is 26.6. The summed E-state index contributed by atoms with van der Waals surface area (Å²) in [6, 6.07) is 20.7. The highest BCUT2D eigenvalue weighted by Gasteiger charge is 2.17. The van der Waals surface area contributed by atoms with Crippen LogP contribution in [0.2, 0.25) is 0 Å².